The zero-order chi connectivity index (χ0) is 37.4. The zero-order valence-corrected chi connectivity index (χ0v) is 32.2. The molecule has 0 amide bonds. The molecule has 4 aliphatic heterocycles. The number of hydrogen-bond donors (Lipinski definition) is 4. The van der Waals surface area contributed by atoms with Crippen LogP contribution in [0.2, 0.25) is 0 Å². The van der Waals surface area contributed by atoms with Crippen LogP contribution in [0.5, 0.6) is 0 Å². The number of nitrogens with two attached hydrogens (primary N) is 1. The molecule has 1 aromatic heterocycles. The summed E-state index contributed by atoms with van der Waals surface area (Å²) in [5.74, 6) is -2.03. The first-order valence-electron chi connectivity index (χ1n) is 18.9. The smallest absolute Gasteiger partial charge is 0.311 e. The fraction of sp³-hybridized carbons (Fsp3) is 0.842. The van der Waals surface area contributed by atoms with Crippen molar-refractivity contribution >= 4 is 5.97 Å². The van der Waals surface area contributed by atoms with Crippen LogP contribution in [-0.2, 0) is 33.3 Å². The quantitative estimate of drug-likeness (QED) is 0.290. The fourth-order valence-electron chi connectivity index (χ4n) is 9.18. The first-order valence-corrected chi connectivity index (χ1v) is 18.9. The topological polar surface area (TPSA) is 167 Å². The number of nitrogens with zero attached hydrogens (tertiary/aromatic N) is 2. The van der Waals surface area contributed by atoms with E-state index in [0.717, 1.165) is 5.69 Å². The fourth-order valence-corrected chi connectivity index (χ4v) is 9.18. The molecule has 5 heterocycles. The lowest BCUT2D eigenvalue weighted by molar-refractivity contribution is -0.300. The number of carbonyl (C=O) groups excluding carboxylic acids is 1. The van der Waals surface area contributed by atoms with Crippen molar-refractivity contribution in [2.24, 2.45) is 29.4 Å². The number of likely N-dealkylation sites (N-methyl/N-ethyl adjacent to an activating group) is 1. The number of hydrogen-bond acceptors (Lipinski definition) is 13. The molecule has 5 rings (SSSR count). The molecule has 1 aromatic rings. The first-order chi connectivity index (χ1) is 24.0. The lowest BCUT2D eigenvalue weighted by Gasteiger charge is -2.47. The number of aliphatic hydroxyl groups excluding tert-OH is 1. The second-order valence-corrected chi connectivity index (χ2v) is 16.5. The monoisotopic (exact) mass is 720 g/mol. The summed E-state index contributed by atoms with van der Waals surface area (Å²) in [6.45, 7) is 15.6. The Balaban J connectivity index is 1.49. The number of hydroxylamine groups is 1. The molecule has 2 bridgehead atoms. The summed E-state index contributed by atoms with van der Waals surface area (Å²) in [4.78, 5) is 26.6. The Hall–Kier alpha value is -1.78. The molecule has 4 saturated heterocycles. The second kappa shape index (κ2) is 16.3. The Morgan fingerprint density at radius 2 is 1.84 bits per heavy atom. The Morgan fingerprint density at radius 3 is 2.49 bits per heavy atom. The molecule has 13 nitrogen and oxygen atoms in total. The molecule has 4 aliphatic rings. The van der Waals surface area contributed by atoms with Crippen LogP contribution < -0.4 is 11.2 Å². The predicted octanol–water partition coefficient (Wildman–Crippen LogP) is 3.12. The number of fused-ring (bicyclic) bond motifs is 2. The van der Waals surface area contributed by atoms with Gasteiger partial charge in [0.15, 0.2) is 6.29 Å². The van der Waals surface area contributed by atoms with Crippen molar-refractivity contribution in [3.05, 3.63) is 30.1 Å². The number of carbonyl (C=O) groups is 1. The SMILES string of the molecule is CC[C@@H]1OC(=O)[C@H](C)[C@@H](OCC2CC(c3ccccn3)NO2)[C@H](C)[C@@H](OC2O[C@H](C)C[C@H](N(C)C)[C@H]2O)[C@](C)(O)C[C@@H](C)[C@H]2OC1(C)[C@@H](N)[C@@H]2C. The normalized spacial score (nSPS) is 47.0. The van der Waals surface area contributed by atoms with Crippen LogP contribution >= 0.6 is 0 Å². The van der Waals surface area contributed by atoms with Crippen molar-refractivity contribution in [3.8, 4) is 0 Å². The Bertz CT molecular complexity index is 1290. The summed E-state index contributed by atoms with van der Waals surface area (Å²) in [6.07, 6.45) is -1.35. The van der Waals surface area contributed by atoms with Crippen LogP contribution in [0.4, 0.5) is 0 Å². The van der Waals surface area contributed by atoms with Crippen molar-refractivity contribution in [2.75, 3.05) is 20.7 Å². The number of nitrogens with one attached hydrogen (secondary N) is 1. The molecule has 0 radical (unpaired) electrons. The number of rotatable bonds is 8. The molecular formula is C38H64N4O9. The second-order valence-electron chi connectivity index (χ2n) is 16.5. The molecule has 17 atom stereocenters. The highest BCUT2D eigenvalue weighted by atomic mass is 16.7. The number of ether oxygens (including phenoxy) is 5. The van der Waals surface area contributed by atoms with E-state index in [1.165, 1.54) is 0 Å². The molecule has 290 valence electrons. The predicted molar refractivity (Wildman–Crippen MR) is 190 cm³/mol. The van der Waals surface area contributed by atoms with Crippen molar-refractivity contribution < 1.29 is 43.5 Å². The minimum atomic E-state index is -1.47. The maximum atomic E-state index is 14.2. The van der Waals surface area contributed by atoms with Crippen molar-refractivity contribution in [3.63, 3.8) is 0 Å². The van der Waals surface area contributed by atoms with Gasteiger partial charge < -0.3 is 44.5 Å². The van der Waals surface area contributed by atoms with Gasteiger partial charge in [-0.2, -0.15) is 5.48 Å². The lowest BCUT2D eigenvalue weighted by Crippen LogP contribution is -2.59. The number of cyclic esters (lactones) is 1. The zero-order valence-electron chi connectivity index (χ0n) is 32.2. The van der Waals surface area contributed by atoms with Crippen LogP contribution in [0.25, 0.3) is 0 Å². The molecule has 4 fully saturated rings. The van der Waals surface area contributed by atoms with Crippen molar-refractivity contribution in [1.82, 2.24) is 15.4 Å². The highest BCUT2D eigenvalue weighted by molar-refractivity contribution is 5.73. The number of esters is 1. The van der Waals surface area contributed by atoms with E-state index in [4.69, 9.17) is 34.3 Å². The largest absolute Gasteiger partial charge is 0.459 e. The molecule has 5 N–H and O–H groups in total. The van der Waals surface area contributed by atoms with Gasteiger partial charge in [-0.1, -0.05) is 33.8 Å². The van der Waals surface area contributed by atoms with Gasteiger partial charge in [0.05, 0.1) is 54.3 Å². The van der Waals surface area contributed by atoms with Gasteiger partial charge in [-0.15, -0.1) is 0 Å². The van der Waals surface area contributed by atoms with Gasteiger partial charge in [0.2, 0.25) is 0 Å². The van der Waals surface area contributed by atoms with Gasteiger partial charge in [-0.25, -0.2) is 0 Å². The average molecular weight is 721 g/mol. The molecule has 0 spiro atoms. The van der Waals surface area contributed by atoms with E-state index < -0.39 is 65.8 Å². The minimum absolute atomic E-state index is 0.0677. The number of pyridine rings is 1. The van der Waals surface area contributed by atoms with E-state index in [1.54, 1.807) is 20.0 Å². The van der Waals surface area contributed by atoms with E-state index in [2.05, 4.69) is 24.3 Å². The molecule has 4 unspecified atom stereocenters. The minimum Gasteiger partial charge on any atom is -0.459 e. The Kier molecular flexibility index (Phi) is 12.9. The summed E-state index contributed by atoms with van der Waals surface area (Å²) < 4.78 is 32.7. The van der Waals surface area contributed by atoms with Gasteiger partial charge >= 0.3 is 5.97 Å². The maximum Gasteiger partial charge on any atom is 0.311 e. The third-order valence-electron chi connectivity index (χ3n) is 12.1. The van der Waals surface area contributed by atoms with Crippen LogP contribution in [0.1, 0.15) is 92.8 Å². The van der Waals surface area contributed by atoms with E-state index in [1.807, 2.05) is 64.9 Å². The molecule has 0 saturated carbocycles. The van der Waals surface area contributed by atoms with Crippen molar-refractivity contribution in [2.45, 2.75) is 159 Å². The van der Waals surface area contributed by atoms with Gasteiger partial charge in [0.25, 0.3) is 0 Å². The highest BCUT2D eigenvalue weighted by Gasteiger charge is 2.57. The van der Waals surface area contributed by atoms with Gasteiger partial charge in [0.1, 0.15) is 23.9 Å². The van der Waals surface area contributed by atoms with E-state index in [9.17, 15) is 15.0 Å². The van der Waals surface area contributed by atoms with Gasteiger partial charge in [-0.05, 0) is 79.1 Å². The summed E-state index contributed by atoms with van der Waals surface area (Å²) in [6, 6.07) is 5.02. The molecule has 0 aromatic carbocycles. The van der Waals surface area contributed by atoms with Crippen LogP contribution in [0.15, 0.2) is 24.4 Å². The lowest BCUT2D eigenvalue weighted by atomic mass is 9.75. The van der Waals surface area contributed by atoms with Gasteiger partial charge in [-0.3, -0.25) is 14.6 Å². The maximum absolute atomic E-state index is 14.2. The Morgan fingerprint density at radius 1 is 1.12 bits per heavy atom. The van der Waals surface area contributed by atoms with Crippen LogP contribution in [0.3, 0.4) is 0 Å². The first kappa shape index (κ1) is 40.4. The standard InChI is InChI=1S/C38H64N4O9/c1-11-29-38(8)33(39)22(4)31(50-38)20(2)18-37(7,45)34(49-36-30(43)28(42(9)10)16-21(3)47-36)23(5)32(24(6)35(44)48-29)46-19-25-17-27(41-51-25)26-14-12-13-15-40-26/h12-15,20-25,27-34,36,41,43,45H,11,16-19,39H2,1-10H3/t20-,21-,22-,23+,24-,25?,27?,28+,29+,30-,31-,32+,33+,34-,36?,37-,38?/m1/s1. The van der Waals surface area contributed by atoms with Crippen LogP contribution in [-0.4, -0.2) is 119 Å². The van der Waals surface area contributed by atoms with E-state index in [0.29, 0.717) is 25.7 Å². The summed E-state index contributed by atoms with van der Waals surface area (Å²) in [5, 5.41) is 24.1. The van der Waals surface area contributed by atoms with Crippen molar-refractivity contribution in [1.29, 1.82) is 0 Å². The third kappa shape index (κ3) is 8.48. The average Bonchev–Trinajstić information content (AvgIpc) is 3.65. The number of aliphatic hydroxyl groups is 2. The highest BCUT2D eigenvalue weighted by Crippen LogP contribution is 2.45. The molecule has 51 heavy (non-hydrogen) atoms. The third-order valence-corrected chi connectivity index (χ3v) is 12.1. The van der Waals surface area contributed by atoms with E-state index in [-0.39, 0.29) is 48.8 Å². The molecule has 0 aliphatic carbocycles. The summed E-state index contributed by atoms with van der Waals surface area (Å²) >= 11 is 0. The summed E-state index contributed by atoms with van der Waals surface area (Å²) in [5.41, 5.74) is 8.40. The Labute approximate surface area is 304 Å². The number of aromatic nitrogens is 1. The molecule has 13 heteroatoms. The molecular weight excluding hydrogens is 656 g/mol. The van der Waals surface area contributed by atoms with Crippen LogP contribution in [0, 0.1) is 23.7 Å². The summed E-state index contributed by atoms with van der Waals surface area (Å²) in [7, 11) is 3.84. The van der Waals surface area contributed by atoms with E-state index >= 15 is 0 Å². The van der Waals surface area contributed by atoms with Gasteiger partial charge in [0, 0.05) is 36.5 Å².